The fourth-order valence-corrected chi connectivity index (χ4v) is 2.16. The first kappa shape index (κ1) is 15.6. The van der Waals surface area contributed by atoms with E-state index in [9.17, 15) is 0 Å². The molecule has 0 amide bonds. The molecule has 4 nitrogen and oxygen atoms in total. The third kappa shape index (κ3) is 2.96. The Morgan fingerprint density at radius 1 is 1.20 bits per heavy atom. The summed E-state index contributed by atoms with van der Waals surface area (Å²) < 4.78 is 17.3. The van der Waals surface area contributed by atoms with Crippen molar-refractivity contribution in [3.05, 3.63) is 23.2 Å². The summed E-state index contributed by atoms with van der Waals surface area (Å²) in [6.45, 7) is 8.20. The van der Waals surface area contributed by atoms with Crippen molar-refractivity contribution in [2.45, 2.75) is 38.9 Å². The van der Waals surface area contributed by atoms with Gasteiger partial charge in [-0.25, -0.2) is 0 Å². The van der Waals surface area contributed by atoms with Gasteiger partial charge >= 0.3 is 7.12 Å². The second kappa shape index (κ2) is 5.56. The maximum Gasteiger partial charge on any atom is 0.494 e. The lowest BCUT2D eigenvalue weighted by atomic mass is 9.79. The van der Waals surface area contributed by atoms with Gasteiger partial charge in [0.25, 0.3) is 0 Å². The topological polar surface area (TPSA) is 47.9 Å². The van der Waals surface area contributed by atoms with Crippen molar-refractivity contribution in [3.8, 4) is 5.75 Å². The van der Waals surface area contributed by atoms with E-state index in [-0.39, 0.29) is 24.4 Å². The SMILES string of the molecule is CC1(C)OB(c2ccc(OCCO)c(Cl)c2)OC1(C)C. The Labute approximate surface area is 125 Å². The van der Waals surface area contributed by atoms with E-state index in [1.807, 2.05) is 33.8 Å². The van der Waals surface area contributed by atoms with E-state index in [0.29, 0.717) is 10.8 Å². The molecule has 0 atom stereocenters. The molecule has 2 rings (SSSR count). The van der Waals surface area contributed by atoms with Crippen molar-refractivity contribution in [2.24, 2.45) is 0 Å². The Balaban J connectivity index is 2.17. The molecule has 0 saturated carbocycles. The van der Waals surface area contributed by atoms with Crippen molar-refractivity contribution in [3.63, 3.8) is 0 Å². The molecule has 1 fully saturated rings. The first-order chi connectivity index (χ1) is 9.27. The monoisotopic (exact) mass is 298 g/mol. The lowest BCUT2D eigenvalue weighted by molar-refractivity contribution is 0.00578. The molecule has 6 heteroatoms. The number of ether oxygens (including phenoxy) is 1. The molecule has 1 N–H and O–H groups in total. The van der Waals surface area contributed by atoms with Gasteiger partial charge in [-0.3, -0.25) is 0 Å². The Morgan fingerprint density at radius 3 is 2.30 bits per heavy atom. The van der Waals surface area contributed by atoms with E-state index in [1.54, 1.807) is 12.1 Å². The second-order valence-electron chi connectivity index (χ2n) is 5.85. The van der Waals surface area contributed by atoms with Crippen molar-refractivity contribution >= 4 is 24.2 Å². The van der Waals surface area contributed by atoms with Gasteiger partial charge in [0.15, 0.2) is 0 Å². The van der Waals surface area contributed by atoms with Crippen LogP contribution in [0.3, 0.4) is 0 Å². The Bertz CT molecular complexity index is 474. The first-order valence-electron chi connectivity index (χ1n) is 6.65. The van der Waals surface area contributed by atoms with Crippen LogP contribution in [0.4, 0.5) is 0 Å². The molecule has 0 radical (unpaired) electrons. The highest BCUT2D eigenvalue weighted by atomic mass is 35.5. The second-order valence-corrected chi connectivity index (χ2v) is 6.26. The lowest BCUT2D eigenvalue weighted by Gasteiger charge is -2.32. The van der Waals surface area contributed by atoms with Gasteiger partial charge in [0.05, 0.1) is 22.8 Å². The Hall–Kier alpha value is -0.745. The van der Waals surface area contributed by atoms with E-state index >= 15 is 0 Å². The van der Waals surface area contributed by atoms with Gasteiger partial charge in [0.2, 0.25) is 0 Å². The molecule has 1 aliphatic heterocycles. The molecule has 0 aliphatic carbocycles. The van der Waals surface area contributed by atoms with Crippen LogP contribution in [0.15, 0.2) is 18.2 Å². The third-order valence-corrected chi connectivity index (χ3v) is 4.13. The van der Waals surface area contributed by atoms with Gasteiger partial charge in [-0.2, -0.15) is 0 Å². The average molecular weight is 299 g/mol. The molecule has 1 aromatic carbocycles. The highest BCUT2D eigenvalue weighted by molar-refractivity contribution is 6.62. The fraction of sp³-hybridized carbons (Fsp3) is 0.571. The van der Waals surface area contributed by atoms with Crippen molar-refractivity contribution in [2.75, 3.05) is 13.2 Å². The molecule has 110 valence electrons. The number of hydrogen-bond acceptors (Lipinski definition) is 4. The largest absolute Gasteiger partial charge is 0.494 e. The van der Waals surface area contributed by atoms with Crippen LogP contribution in [0.1, 0.15) is 27.7 Å². The molecule has 1 aliphatic rings. The van der Waals surface area contributed by atoms with Crippen LogP contribution in [0, 0.1) is 0 Å². The Morgan fingerprint density at radius 2 is 1.80 bits per heavy atom. The zero-order chi connectivity index (χ0) is 15.0. The molecular formula is C14H20BClO4. The minimum absolute atomic E-state index is 0.0463. The molecule has 1 heterocycles. The van der Waals surface area contributed by atoms with Gasteiger partial charge in [-0.05, 0) is 45.3 Å². The van der Waals surface area contributed by atoms with Crippen molar-refractivity contribution in [1.29, 1.82) is 0 Å². The third-order valence-electron chi connectivity index (χ3n) is 3.83. The average Bonchev–Trinajstić information content (AvgIpc) is 2.57. The summed E-state index contributed by atoms with van der Waals surface area (Å²) >= 11 is 6.17. The highest BCUT2D eigenvalue weighted by Crippen LogP contribution is 2.36. The molecule has 20 heavy (non-hydrogen) atoms. The molecule has 0 bridgehead atoms. The van der Waals surface area contributed by atoms with Gasteiger partial charge in [-0.1, -0.05) is 17.7 Å². The zero-order valence-electron chi connectivity index (χ0n) is 12.3. The summed E-state index contributed by atoms with van der Waals surface area (Å²) in [5.74, 6) is 0.543. The zero-order valence-corrected chi connectivity index (χ0v) is 13.0. The van der Waals surface area contributed by atoms with E-state index in [1.165, 1.54) is 0 Å². The minimum Gasteiger partial charge on any atom is -0.490 e. The number of rotatable bonds is 4. The van der Waals surface area contributed by atoms with Gasteiger partial charge in [0.1, 0.15) is 12.4 Å². The summed E-state index contributed by atoms with van der Waals surface area (Å²) in [7, 11) is -0.440. The van der Waals surface area contributed by atoms with Crippen molar-refractivity contribution in [1.82, 2.24) is 0 Å². The Kier molecular flexibility index (Phi) is 4.35. The van der Waals surface area contributed by atoms with Crippen LogP contribution >= 0.6 is 11.6 Å². The number of hydrogen-bond donors (Lipinski definition) is 1. The van der Waals surface area contributed by atoms with Gasteiger partial charge < -0.3 is 19.2 Å². The predicted octanol–water partition coefficient (Wildman–Crippen LogP) is 2.01. The normalized spacial score (nSPS) is 20.2. The molecule has 1 saturated heterocycles. The van der Waals surface area contributed by atoms with Crippen LogP contribution < -0.4 is 10.2 Å². The molecular weight excluding hydrogens is 278 g/mol. The minimum atomic E-state index is -0.440. The van der Waals surface area contributed by atoms with Crippen LogP contribution in [-0.4, -0.2) is 36.6 Å². The lowest BCUT2D eigenvalue weighted by Crippen LogP contribution is -2.41. The smallest absolute Gasteiger partial charge is 0.490 e. The number of halogens is 1. The van der Waals surface area contributed by atoms with Crippen LogP contribution in [0.25, 0.3) is 0 Å². The van der Waals surface area contributed by atoms with Crippen LogP contribution in [0.2, 0.25) is 5.02 Å². The summed E-state index contributed by atoms with van der Waals surface area (Å²) in [6.07, 6.45) is 0. The highest BCUT2D eigenvalue weighted by Gasteiger charge is 2.51. The summed E-state index contributed by atoms with van der Waals surface area (Å²) in [5.41, 5.74) is 0.0943. The van der Waals surface area contributed by atoms with Crippen LogP contribution in [0.5, 0.6) is 5.75 Å². The number of benzene rings is 1. The standard InChI is InChI=1S/C14H20BClO4/c1-13(2)14(3,4)20-15(19-13)10-5-6-12(11(16)9-10)18-8-7-17/h5-6,9,17H,7-8H2,1-4H3. The van der Waals surface area contributed by atoms with Crippen LogP contribution in [-0.2, 0) is 9.31 Å². The number of aliphatic hydroxyl groups excluding tert-OH is 1. The maximum absolute atomic E-state index is 8.75. The predicted molar refractivity (Wildman–Crippen MR) is 79.7 cm³/mol. The first-order valence-corrected chi connectivity index (χ1v) is 7.03. The number of aliphatic hydroxyl groups is 1. The summed E-state index contributed by atoms with van der Waals surface area (Å²) in [5, 5.41) is 9.23. The summed E-state index contributed by atoms with van der Waals surface area (Å²) in [6, 6.07) is 5.40. The van der Waals surface area contributed by atoms with E-state index in [2.05, 4.69) is 0 Å². The van der Waals surface area contributed by atoms with E-state index < -0.39 is 7.12 Å². The fourth-order valence-electron chi connectivity index (χ4n) is 1.92. The summed E-state index contributed by atoms with van der Waals surface area (Å²) in [4.78, 5) is 0. The molecule has 0 spiro atoms. The quantitative estimate of drug-likeness (QED) is 0.864. The van der Waals surface area contributed by atoms with Crippen molar-refractivity contribution < 1.29 is 19.2 Å². The van der Waals surface area contributed by atoms with E-state index in [4.69, 9.17) is 30.8 Å². The maximum atomic E-state index is 8.75. The van der Waals surface area contributed by atoms with Gasteiger partial charge in [-0.15, -0.1) is 0 Å². The molecule has 1 aromatic rings. The molecule has 0 unspecified atom stereocenters. The van der Waals surface area contributed by atoms with E-state index in [0.717, 1.165) is 5.46 Å². The molecule has 0 aromatic heterocycles. The van der Waals surface area contributed by atoms with Gasteiger partial charge in [0, 0.05) is 0 Å².